The number of hydrogen-bond acceptors (Lipinski definition) is 5. The van der Waals surface area contributed by atoms with Gasteiger partial charge in [0, 0.05) is 12.4 Å². The number of H-pyrrole nitrogens is 1. The molecule has 0 aliphatic heterocycles. The summed E-state index contributed by atoms with van der Waals surface area (Å²) in [6.45, 7) is 1.91. The van der Waals surface area contributed by atoms with Crippen molar-refractivity contribution in [2.24, 2.45) is 0 Å². The molecule has 0 fully saturated rings. The summed E-state index contributed by atoms with van der Waals surface area (Å²) in [6, 6.07) is 1.52. The predicted octanol–water partition coefficient (Wildman–Crippen LogP) is 2.09. The van der Waals surface area contributed by atoms with Crippen LogP contribution in [0.15, 0.2) is 18.5 Å². The first kappa shape index (κ1) is 10.8. The molecule has 2 N–H and O–H groups in total. The average Bonchev–Trinajstić information content (AvgIpc) is 2.93. The van der Waals surface area contributed by atoms with E-state index < -0.39 is 5.97 Å². The van der Waals surface area contributed by atoms with Crippen molar-refractivity contribution in [3.05, 3.63) is 29.0 Å². The number of carbonyl (C=O) groups is 1. The molecule has 6 nitrogen and oxygen atoms in total. The van der Waals surface area contributed by atoms with Crippen LogP contribution in [0.4, 0.5) is 0 Å². The molecule has 0 saturated carbocycles. The molecule has 7 heteroatoms. The maximum atomic E-state index is 10.8. The molecule has 0 atom stereocenters. The minimum absolute atomic E-state index is 0.137. The van der Waals surface area contributed by atoms with Gasteiger partial charge in [-0.25, -0.2) is 19.7 Å². The van der Waals surface area contributed by atoms with Crippen LogP contribution < -0.4 is 0 Å². The SMILES string of the molecule is Cc1ncc(-c2nc3ncc(C(=O)O)cc3[nH]2)s1. The molecule has 3 heterocycles. The number of aromatic nitrogens is 4. The van der Waals surface area contributed by atoms with Gasteiger partial charge in [0.25, 0.3) is 0 Å². The van der Waals surface area contributed by atoms with Gasteiger partial charge in [-0.2, -0.15) is 0 Å². The molecule has 3 aromatic rings. The van der Waals surface area contributed by atoms with E-state index in [1.54, 1.807) is 6.20 Å². The number of aromatic carboxylic acids is 1. The third-order valence-electron chi connectivity index (χ3n) is 2.44. The van der Waals surface area contributed by atoms with E-state index in [-0.39, 0.29) is 5.56 Å². The Morgan fingerprint density at radius 3 is 2.89 bits per heavy atom. The predicted molar refractivity (Wildman–Crippen MR) is 66.7 cm³/mol. The topological polar surface area (TPSA) is 91.8 Å². The van der Waals surface area contributed by atoms with E-state index in [0.717, 1.165) is 9.88 Å². The standard InChI is InChI=1S/C11H8N4O2S/c1-5-12-4-8(18-5)10-14-7-2-6(11(16)17)3-13-9(7)15-10/h2-4H,1H3,(H,16,17)(H,13,14,15). The Bertz CT molecular complexity index is 746. The van der Waals surface area contributed by atoms with Crippen molar-refractivity contribution < 1.29 is 9.90 Å². The fourth-order valence-corrected chi connectivity index (χ4v) is 2.33. The van der Waals surface area contributed by atoms with E-state index in [1.807, 2.05) is 6.92 Å². The first-order chi connectivity index (χ1) is 8.63. The Labute approximate surface area is 105 Å². The minimum Gasteiger partial charge on any atom is -0.478 e. The molecule has 0 aliphatic carbocycles. The van der Waals surface area contributed by atoms with Crippen molar-refractivity contribution in [1.82, 2.24) is 19.9 Å². The van der Waals surface area contributed by atoms with E-state index >= 15 is 0 Å². The Balaban J connectivity index is 2.13. The highest BCUT2D eigenvalue weighted by molar-refractivity contribution is 7.14. The number of hydrogen-bond donors (Lipinski definition) is 2. The molecule has 0 radical (unpaired) electrons. The molecule has 90 valence electrons. The molecule has 0 aromatic carbocycles. The maximum absolute atomic E-state index is 10.8. The molecular formula is C11H8N4O2S. The van der Waals surface area contributed by atoms with Gasteiger partial charge in [0.05, 0.1) is 21.0 Å². The number of nitrogens with one attached hydrogen (secondary N) is 1. The van der Waals surface area contributed by atoms with Gasteiger partial charge in [-0.3, -0.25) is 0 Å². The summed E-state index contributed by atoms with van der Waals surface area (Å²) in [5.41, 5.74) is 1.25. The fraction of sp³-hybridized carbons (Fsp3) is 0.0909. The lowest BCUT2D eigenvalue weighted by atomic mass is 10.3. The Kier molecular flexibility index (Phi) is 2.34. The minimum atomic E-state index is -1.01. The van der Waals surface area contributed by atoms with Gasteiger partial charge in [-0.1, -0.05) is 0 Å². The van der Waals surface area contributed by atoms with Crippen molar-refractivity contribution in [3.63, 3.8) is 0 Å². The smallest absolute Gasteiger partial charge is 0.337 e. The lowest BCUT2D eigenvalue weighted by Crippen LogP contribution is -1.96. The highest BCUT2D eigenvalue weighted by atomic mass is 32.1. The number of carboxylic acid groups (broad SMARTS) is 1. The third kappa shape index (κ3) is 1.74. The van der Waals surface area contributed by atoms with Gasteiger partial charge >= 0.3 is 5.97 Å². The average molecular weight is 260 g/mol. The molecule has 0 unspecified atom stereocenters. The largest absolute Gasteiger partial charge is 0.478 e. The number of rotatable bonds is 2. The molecule has 3 rings (SSSR count). The first-order valence-corrected chi connectivity index (χ1v) is 5.97. The first-order valence-electron chi connectivity index (χ1n) is 5.15. The Morgan fingerprint density at radius 2 is 2.22 bits per heavy atom. The second kappa shape index (κ2) is 3.88. The van der Waals surface area contributed by atoms with Crippen LogP contribution in [-0.4, -0.2) is 31.0 Å². The summed E-state index contributed by atoms with van der Waals surface area (Å²) < 4.78 is 0. The molecule has 3 aromatic heterocycles. The molecule has 0 amide bonds. The number of aryl methyl sites for hydroxylation is 1. The van der Waals surface area contributed by atoms with Crippen molar-refractivity contribution in [2.45, 2.75) is 6.92 Å². The highest BCUT2D eigenvalue weighted by Gasteiger charge is 2.11. The van der Waals surface area contributed by atoms with Crippen molar-refractivity contribution >= 4 is 28.5 Å². The van der Waals surface area contributed by atoms with Gasteiger partial charge < -0.3 is 10.1 Å². The number of aromatic amines is 1. The van der Waals surface area contributed by atoms with Crippen molar-refractivity contribution in [1.29, 1.82) is 0 Å². The van der Waals surface area contributed by atoms with Gasteiger partial charge in [-0.05, 0) is 13.0 Å². The van der Waals surface area contributed by atoms with Gasteiger partial charge in [-0.15, -0.1) is 11.3 Å². The summed E-state index contributed by atoms with van der Waals surface area (Å²) in [5, 5.41) is 9.84. The number of thiazole rings is 1. The monoisotopic (exact) mass is 260 g/mol. The van der Waals surface area contributed by atoms with Crippen molar-refractivity contribution in [2.75, 3.05) is 0 Å². The third-order valence-corrected chi connectivity index (χ3v) is 3.36. The molecule has 0 saturated heterocycles. The summed E-state index contributed by atoms with van der Waals surface area (Å²) in [6.07, 6.45) is 3.03. The number of imidazole rings is 1. The van der Waals surface area contributed by atoms with Gasteiger partial charge in [0.1, 0.15) is 0 Å². The summed E-state index contributed by atoms with van der Waals surface area (Å²) in [7, 11) is 0. The van der Waals surface area contributed by atoms with Crippen LogP contribution in [-0.2, 0) is 0 Å². The number of pyridine rings is 1. The van der Waals surface area contributed by atoms with Crippen LogP contribution in [0.3, 0.4) is 0 Å². The second-order valence-electron chi connectivity index (χ2n) is 3.73. The lowest BCUT2D eigenvalue weighted by molar-refractivity contribution is 0.0696. The molecular weight excluding hydrogens is 252 g/mol. The molecule has 0 aliphatic rings. The van der Waals surface area contributed by atoms with E-state index in [1.165, 1.54) is 23.6 Å². The highest BCUT2D eigenvalue weighted by Crippen LogP contribution is 2.25. The zero-order chi connectivity index (χ0) is 12.7. The molecule has 0 spiro atoms. The van der Waals surface area contributed by atoms with E-state index in [0.29, 0.717) is 17.0 Å². The zero-order valence-corrected chi connectivity index (χ0v) is 10.2. The lowest BCUT2D eigenvalue weighted by Gasteiger charge is -1.91. The van der Waals surface area contributed by atoms with E-state index in [2.05, 4.69) is 19.9 Å². The summed E-state index contributed by atoms with van der Waals surface area (Å²) >= 11 is 1.52. The van der Waals surface area contributed by atoms with E-state index in [4.69, 9.17) is 5.11 Å². The Morgan fingerprint density at radius 1 is 1.39 bits per heavy atom. The number of carboxylic acids is 1. The normalized spacial score (nSPS) is 10.9. The summed E-state index contributed by atoms with van der Waals surface area (Å²) in [5.74, 6) is -0.347. The van der Waals surface area contributed by atoms with Crippen LogP contribution in [0.1, 0.15) is 15.4 Å². The van der Waals surface area contributed by atoms with Gasteiger partial charge in [0.15, 0.2) is 11.5 Å². The van der Waals surface area contributed by atoms with Crippen LogP contribution in [0.2, 0.25) is 0 Å². The summed E-state index contributed by atoms with van der Waals surface area (Å²) in [4.78, 5) is 27.3. The van der Waals surface area contributed by atoms with E-state index in [9.17, 15) is 4.79 Å². The van der Waals surface area contributed by atoms with Crippen LogP contribution >= 0.6 is 11.3 Å². The molecule has 0 bridgehead atoms. The Hall–Kier alpha value is -2.28. The maximum Gasteiger partial charge on any atom is 0.337 e. The van der Waals surface area contributed by atoms with Crippen LogP contribution in [0.5, 0.6) is 0 Å². The van der Waals surface area contributed by atoms with Crippen LogP contribution in [0, 0.1) is 6.92 Å². The fourth-order valence-electron chi connectivity index (χ4n) is 1.60. The molecule has 18 heavy (non-hydrogen) atoms. The zero-order valence-electron chi connectivity index (χ0n) is 9.34. The second-order valence-corrected chi connectivity index (χ2v) is 4.96. The van der Waals surface area contributed by atoms with Crippen LogP contribution in [0.25, 0.3) is 21.9 Å². The van der Waals surface area contributed by atoms with Gasteiger partial charge in [0.2, 0.25) is 0 Å². The van der Waals surface area contributed by atoms with Crippen molar-refractivity contribution in [3.8, 4) is 10.7 Å². The number of nitrogens with zero attached hydrogens (tertiary/aromatic N) is 3. The number of fused-ring (bicyclic) bond motifs is 1. The quantitative estimate of drug-likeness (QED) is 0.736.